The SMILES string of the molecule is COC(C)(C)c1nc(C)nc(N)n1. The molecule has 1 heterocycles. The van der Waals surface area contributed by atoms with Crippen molar-refractivity contribution in [2.75, 3.05) is 12.8 Å². The smallest absolute Gasteiger partial charge is 0.223 e. The van der Waals surface area contributed by atoms with Crippen LogP contribution in [-0.2, 0) is 10.3 Å². The molecule has 0 atom stereocenters. The maximum absolute atomic E-state index is 5.49. The van der Waals surface area contributed by atoms with Gasteiger partial charge in [-0.1, -0.05) is 0 Å². The molecule has 0 spiro atoms. The zero-order chi connectivity index (χ0) is 10.1. The van der Waals surface area contributed by atoms with E-state index in [2.05, 4.69) is 15.0 Å². The second kappa shape index (κ2) is 3.26. The van der Waals surface area contributed by atoms with Gasteiger partial charge in [0.15, 0.2) is 5.82 Å². The van der Waals surface area contributed by atoms with Gasteiger partial charge in [0.05, 0.1) is 0 Å². The summed E-state index contributed by atoms with van der Waals surface area (Å²) in [7, 11) is 1.61. The van der Waals surface area contributed by atoms with E-state index >= 15 is 0 Å². The number of aryl methyl sites for hydroxylation is 1. The summed E-state index contributed by atoms with van der Waals surface area (Å²) in [6, 6.07) is 0. The molecule has 13 heavy (non-hydrogen) atoms. The van der Waals surface area contributed by atoms with E-state index in [-0.39, 0.29) is 5.95 Å². The van der Waals surface area contributed by atoms with Crippen molar-refractivity contribution in [2.24, 2.45) is 0 Å². The van der Waals surface area contributed by atoms with Crippen LogP contribution in [-0.4, -0.2) is 22.1 Å². The van der Waals surface area contributed by atoms with Crippen LogP contribution in [0.25, 0.3) is 0 Å². The van der Waals surface area contributed by atoms with Gasteiger partial charge in [-0.3, -0.25) is 0 Å². The van der Waals surface area contributed by atoms with Gasteiger partial charge < -0.3 is 10.5 Å². The molecular formula is C8H14N4O. The first-order valence-corrected chi connectivity index (χ1v) is 3.99. The zero-order valence-electron chi connectivity index (χ0n) is 8.33. The van der Waals surface area contributed by atoms with Crippen LogP contribution < -0.4 is 5.73 Å². The number of hydrogen-bond donors (Lipinski definition) is 1. The van der Waals surface area contributed by atoms with Crippen LogP contribution in [0.15, 0.2) is 0 Å². The Bertz CT molecular complexity index is 291. The summed E-state index contributed by atoms with van der Waals surface area (Å²) >= 11 is 0. The van der Waals surface area contributed by atoms with E-state index in [1.807, 2.05) is 13.8 Å². The topological polar surface area (TPSA) is 73.9 Å². The molecule has 2 N–H and O–H groups in total. The molecule has 0 aliphatic heterocycles. The zero-order valence-corrected chi connectivity index (χ0v) is 8.33. The number of hydrogen-bond acceptors (Lipinski definition) is 5. The first-order chi connectivity index (χ1) is 5.95. The van der Waals surface area contributed by atoms with E-state index in [9.17, 15) is 0 Å². The van der Waals surface area contributed by atoms with Crippen LogP contribution >= 0.6 is 0 Å². The van der Waals surface area contributed by atoms with Crippen LogP contribution in [0.4, 0.5) is 5.95 Å². The lowest BCUT2D eigenvalue weighted by atomic mass is 10.1. The van der Waals surface area contributed by atoms with Crippen molar-refractivity contribution in [3.05, 3.63) is 11.6 Å². The minimum absolute atomic E-state index is 0.229. The van der Waals surface area contributed by atoms with E-state index in [1.165, 1.54) is 0 Å². The number of nitrogens with zero attached hydrogens (tertiary/aromatic N) is 3. The third kappa shape index (κ3) is 2.12. The molecule has 1 aromatic rings. The standard InChI is InChI=1S/C8H14N4O/c1-5-10-6(8(2,3)13-4)12-7(9)11-5/h1-4H3,(H2,9,10,11,12). The summed E-state index contributed by atoms with van der Waals surface area (Å²) in [5.41, 5.74) is 4.97. The van der Waals surface area contributed by atoms with Gasteiger partial charge in [0.1, 0.15) is 11.4 Å². The molecule has 0 aromatic carbocycles. The van der Waals surface area contributed by atoms with E-state index in [4.69, 9.17) is 10.5 Å². The van der Waals surface area contributed by atoms with Crippen molar-refractivity contribution in [1.82, 2.24) is 15.0 Å². The third-order valence-electron chi connectivity index (χ3n) is 1.81. The molecule has 0 unspecified atom stereocenters. The average molecular weight is 182 g/mol. The summed E-state index contributed by atoms with van der Waals surface area (Å²) in [4.78, 5) is 12.0. The molecule has 0 amide bonds. The van der Waals surface area contributed by atoms with Crippen molar-refractivity contribution >= 4 is 5.95 Å². The summed E-state index contributed by atoms with van der Waals surface area (Å²) in [5, 5.41) is 0. The van der Waals surface area contributed by atoms with Gasteiger partial charge in [0.25, 0.3) is 0 Å². The highest BCUT2D eigenvalue weighted by atomic mass is 16.5. The van der Waals surface area contributed by atoms with Crippen LogP contribution in [0, 0.1) is 6.92 Å². The Labute approximate surface area is 77.4 Å². The number of nitrogen functional groups attached to an aromatic ring is 1. The highest BCUT2D eigenvalue weighted by Gasteiger charge is 2.23. The Morgan fingerprint density at radius 3 is 2.31 bits per heavy atom. The Morgan fingerprint density at radius 2 is 1.85 bits per heavy atom. The maximum atomic E-state index is 5.49. The largest absolute Gasteiger partial charge is 0.371 e. The first-order valence-electron chi connectivity index (χ1n) is 3.99. The van der Waals surface area contributed by atoms with Crippen LogP contribution in [0.5, 0.6) is 0 Å². The highest BCUT2D eigenvalue weighted by molar-refractivity contribution is 5.17. The maximum Gasteiger partial charge on any atom is 0.223 e. The van der Waals surface area contributed by atoms with Crippen molar-refractivity contribution in [2.45, 2.75) is 26.4 Å². The Kier molecular flexibility index (Phi) is 2.47. The van der Waals surface area contributed by atoms with Crippen molar-refractivity contribution < 1.29 is 4.74 Å². The molecule has 72 valence electrons. The number of nitrogens with two attached hydrogens (primary N) is 1. The van der Waals surface area contributed by atoms with Gasteiger partial charge in [0.2, 0.25) is 5.95 Å². The normalized spacial score (nSPS) is 11.7. The molecular weight excluding hydrogens is 168 g/mol. The van der Waals surface area contributed by atoms with Gasteiger partial charge in [-0.15, -0.1) is 0 Å². The van der Waals surface area contributed by atoms with Crippen molar-refractivity contribution in [3.8, 4) is 0 Å². The number of rotatable bonds is 2. The third-order valence-corrected chi connectivity index (χ3v) is 1.81. The number of aromatic nitrogens is 3. The molecule has 0 aliphatic carbocycles. The first kappa shape index (κ1) is 9.85. The quantitative estimate of drug-likeness (QED) is 0.726. The second-order valence-corrected chi connectivity index (χ2v) is 3.28. The van der Waals surface area contributed by atoms with E-state index in [0.717, 1.165) is 0 Å². The lowest BCUT2D eigenvalue weighted by molar-refractivity contribution is 0.0112. The number of methoxy groups -OCH3 is 1. The fourth-order valence-corrected chi connectivity index (χ4v) is 0.863. The minimum atomic E-state index is -0.526. The summed E-state index contributed by atoms with van der Waals surface area (Å²) in [6.07, 6.45) is 0. The Balaban J connectivity index is 3.15. The molecule has 1 aromatic heterocycles. The summed E-state index contributed by atoms with van der Waals surface area (Å²) in [6.45, 7) is 5.52. The van der Waals surface area contributed by atoms with E-state index < -0.39 is 5.60 Å². The van der Waals surface area contributed by atoms with Crippen molar-refractivity contribution in [1.29, 1.82) is 0 Å². The van der Waals surface area contributed by atoms with E-state index in [1.54, 1.807) is 14.0 Å². The lowest BCUT2D eigenvalue weighted by Gasteiger charge is -2.20. The highest BCUT2D eigenvalue weighted by Crippen LogP contribution is 2.19. The predicted octanol–water partition coefficient (Wildman–Crippen LogP) is 0.644. The van der Waals surface area contributed by atoms with Gasteiger partial charge in [0, 0.05) is 7.11 Å². The van der Waals surface area contributed by atoms with Gasteiger partial charge >= 0.3 is 0 Å². The minimum Gasteiger partial charge on any atom is -0.371 e. The number of anilines is 1. The molecule has 5 nitrogen and oxygen atoms in total. The molecule has 0 saturated carbocycles. The van der Waals surface area contributed by atoms with Crippen LogP contribution in [0.2, 0.25) is 0 Å². The number of ether oxygens (including phenoxy) is 1. The molecule has 5 heteroatoms. The second-order valence-electron chi connectivity index (χ2n) is 3.28. The molecule has 0 bridgehead atoms. The predicted molar refractivity (Wildman–Crippen MR) is 49.0 cm³/mol. The Hall–Kier alpha value is -1.23. The Morgan fingerprint density at radius 1 is 1.23 bits per heavy atom. The summed E-state index contributed by atoms with van der Waals surface area (Å²) < 4.78 is 5.23. The van der Waals surface area contributed by atoms with Gasteiger partial charge in [-0.05, 0) is 20.8 Å². The van der Waals surface area contributed by atoms with Gasteiger partial charge in [-0.2, -0.15) is 9.97 Å². The average Bonchev–Trinajstić information content (AvgIpc) is 2.02. The molecule has 1 rings (SSSR count). The van der Waals surface area contributed by atoms with Gasteiger partial charge in [-0.25, -0.2) is 4.98 Å². The fourth-order valence-electron chi connectivity index (χ4n) is 0.863. The summed E-state index contributed by atoms with van der Waals surface area (Å²) in [5.74, 6) is 1.39. The molecule has 0 saturated heterocycles. The molecule has 0 aliphatic rings. The fraction of sp³-hybridized carbons (Fsp3) is 0.625. The lowest BCUT2D eigenvalue weighted by Crippen LogP contribution is -2.24. The van der Waals surface area contributed by atoms with Crippen LogP contribution in [0.3, 0.4) is 0 Å². The monoisotopic (exact) mass is 182 g/mol. The molecule has 0 fully saturated rings. The van der Waals surface area contributed by atoms with E-state index in [0.29, 0.717) is 11.6 Å². The molecule has 0 radical (unpaired) electrons. The van der Waals surface area contributed by atoms with Crippen molar-refractivity contribution in [3.63, 3.8) is 0 Å². The van der Waals surface area contributed by atoms with Crippen LogP contribution in [0.1, 0.15) is 25.5 Å².